The van der Waals surface area contributed by atoms with Gasteiger partial charge in [-0.3, -0.25) is 10.1 Å². The Morgan fingerprint density at radius 1 is 1.44 bits per heavy atom. The Hall–Kier alpha value is -1.20. The van der Waals surface area contributed by atoms with Gasteiger partial charge >= 0.3 is 0 Å². The third-order valence-electron chi connectivity index (χ3n) is 3.07. The van der Waals surface area contributed by atoms with Crippen LogP contribution in [-0.4, -0.2) is 11.0 Å². The number of nitro benzene ring substituents is 1. The highest BCUT2D eigenvalue weighted by Gasteiger charge is 2.13. The van der Waals surface area contributed by atoms with E-state index in [2.05, 4.69) is 33.4 Å². The number of nitrogens with zero attached hydrogens (tertiary/aromatic N) is 1. The maximum Gasteiger partial charge on any atom is 0.283 e. The summed E-state index contributed by atoms with van der Waals surface area (Å²) in [5, 5.41) is 14.3. The number of halogens is 1. The van der Waals surface area contributed by atoms with Gasteiger partial charge in [-0.2, -0.15) is 0 Å². The summed E-state index contributed by atoms with van der Waals surface area (Å²) in [6.45, 7) is 0.673. The summed E-state index contributed by atoms with van der Waals surface area (Å²) in [6.07, 6.45) is 7.67. The zero-order chi connectivity index (χ0) is 13.0. The summed E-state index contributed by atoms with van der Waals surface area (Å²) in [7, 11) is 0. The Bertz CT molecular complexity index is 474. The van der Waals surface area contributed by atoms with Crippen LogP contribution in [0.15, 0.2) is 34.8 Å². The fourth-order valence-corrected chi connectivity index (χ4v) is 2.44. The van der Waals surface area contributed by atoms with Gasteiger partial charge in [0.15, 0.2) is 0 Å². The van der Waals surface area contributed by atoms with Crippen LogP contribution < -0.4 is 5.32 Å². The zero-order valence-corrected chi connectivity index (χ0v) is 11.5. The molecule has 0 spiro atoms. The van der Waals surface area contributed by atoms with Gasteiger partial charge in [0.05, 0.1) is 9.40 Å². The Morgan fingerprint density at radius 3 is 2.94 bits per heavy atom. The molecule has 5 heteroatoms. The lowest BCUT2D eigenvalue weighted by atomic mass is 10.0. The number of rotatable bonds is 4. The molecule has 1 unspecified atom stereocenters. The highest BCUT2D eigenvalue weighted by Crippen LogP contribution is 2.25. The van der Waals surface area contributed by atoms with Crippen molar-refractivity contribution in [1.29, 1.82) is 0 Å². The van der Waals surface area contributed by atoms with E-state index < -0.39 is 0 Å². The summed E-state index contributed by atoms with van der Waals surface area (Å²) in [4.78, 5) is 10.5. The maximum absolute atomic E-state index is 10.8. The Kier molecular flexibility index (Phi) is 4.49. The van der Waals surface area contributed by atoms with Crippen molar-refractivity contribution in [3.8, 4) is 0 Å². The molecule has 0 saturated carbocycles. The minimum Gasteiger partial charge on any atom is -0.310 e. The normalized spacial score (nSPS) is 18.8. The molecule has 1 atom stereocenters. The van der Waals surface area contributed by atoms with Gasteiger partial charge in [0, 0.05) is 18.7 Å². The van der Waals surface area contributed by atoms with Crippen LogP contribution >= 0.6 is 15.9 Å². The Morgan fingerprint density at radius 2 is 2.28 bits per heavy atom. The van der Waals surface area contributed by atoms with E-state index in [1.807, 2.05) is 6.07 Å². The molecule has 1 N–H and O–H groups in total. The number of nitro groups is 1. The molecule has 2 rings (SSSR count). The lowest BCUT2D eigenvalue weighted by molar-refractivity contribution is -0.385. The number of hydrogen-bond donors (Lipinski definition) is 1. The molecule has 0 bridgehead atoms. The van der Waals surface area contributed by atoms with Crippen LogP contribution in [0, 0.1) is 10.1 Å². The van der Waals surface area contributed by atoms with Gasteiger partial charge in [0.2, 0.25) is 0 Å². The smallest absolute Gasteiger partial charge is 0.283 e. The van der Waals surface area contributed by atoms with Crippen molar-refractivity contribution in [2.45, 2.75) is 31.8 Å². The second-order valence-corrected chi connectivity index (χ2v) is 5.26. The van der Waals surface area contributed by atoms with E-state index in [1.165, 1.54) is 0 Å². The summed E-state index contributed by atoms with van der Waals surface area (Å²) in [5.41, 5.74) is 1.07. The molecule has 1 aliphatic rings. The van der Waals surface area contributed by atoms with Crippen LogP contribution in [0.1, 0.15) is 24.8 Å². The highest BCUT2D eigenvalue weighted by atomic mass is 79.9. The molecular weight excluding hydrogens is 296 g/mol. The van der Waals surface area contributed by atoms with E-state index in [1.54, 1.807) is 12.1 Å². The minimum absolute atomic E-state index is 0.123. The quantitative estimate of drug-likeness (QED) is 0.525. The van der Waals surface area contributed by atoms with Crippen LogP contribution in [0.5, 0.6) is 0 Å². The average Bonchev–Trinajstić information content (AvgIpc) is 2.38. The SMILES string of the molecule is O=[N+]([O-])c1cc(CNC2CC=CCC2)ccc1Br. The zero-order valence-electron chi connectivity index (χ0n) is 9.93. The van der Waals surface area contributed by atoms with Gasteiger partial charge in [-0.05, 0) is 46.8 Å². The van der Waals surface area contributed by atoms with E-state index in [0.717, 1.165) is 24.8 Å². The van der Waals surface area contributed by atoms with Crippen molar-refractivity contribution in [2.75, 3.05) is 0 Å². The molecule has 4 nitrogen and oxygen atoms in total. The first-order valence-electron chi connectivity index (χ1n) is 5.98. The molecule has 0 aliphatic heterocycles. The topological polar surface area (TPSA) is 55.2 Å². The standard InChI is InChI=1S/C13H15BrN2O2/c14-12-7-6-10(8-13(12)16(17)18)9-15-11-4-2-1-3-5-11/h1-2,6-8,11,15H,3-5,9H2. The fraction of sp³-hybridized carbons (Fsp3) is 0.385. The van der Waals surface area contributed by atoms with Gasteiger partial charge in [-0.25, -0.2) is 0 Å². The Labute approximate surface area is 114 Å². The number of allylic oxidation sites excluding steroid dienone is 1. The predicted molar refractivity (Wildman–Crippen MR) is 74.4 cm³/mol. The van der Waals surface area contributed by atoms with Crippen molar-refractivity contribution < 1.29 is 4.92 Å². The molecule has 0 fully saturated rings. The molecule has 0 heterocycles. The van der Waals surface area contributed by atoms with E-state index in [4.69, 9.17) is 0 Å². The van der Waals surface area contributed by atoms with Crippen molar-refractivity contribution >= 4 is 21.6 Å². The van der Waals surface area contributed by atoms with Gasteiger partial charge in [-0.1, -0.05) is 18.2 Å². The first kappa shape index (κ1) is 13.2. The minimum atomic E-state index is -0.364. The second kappa shape index (κ2) is 6.11. The van der Waals surface area contributed by atoms with Crippen molar-refractivity contribution in [1.82, 2.24) is 5.32 Å². The summed E-state index contributed by atoms with van der Waals surface area (Å²) < 4.78 is 0.525. The van der Waals surface area contributed by atoms with Crippen LogP contribution in [0.25, 0.3) is 0 Å². The molecule has 0 amide bonds. The lowest BCUT2D eigenvalue weighted by Gasteiger charge is -2.19. The molecule has 18 heavy (non-hydrogen) atoms. The molecule has 1 aromatic carbocycles. The largest absolute Gasteiger partial charge is 0.310 e. The number of nitrogens with one attached hydrogen (secondary N) is 1. The number of hydrogen-bond acceptors (Lipinski definition) is 3. The molecule has 96 valence electrons. The van der Waals surface area contributed by atoms with Crippen molar-refractivity contribution in [2.24, 2.45) is 0 Å². The average molecular weight is 311 g/mol. The van der Waals surface area contributed by atoms with Crippen LogP contribution in [0.3, 0.4) is 0 Å². The summed E-state index contributed by atoms with van der Waals surface area (Å²) in [5.74, 6) is 0. The molecule has 0 saturated heterocycles. The van der Waals surface area contributed by atoms with E-state index >= 15 is 0 Å². The van der Waals surface area contributed by atoms with Crippen LogP contribution in [-0.2, 0) is 6.54 Å². The molecule has 0 radical (unpaired) electrons. The van der Waals surface area contributed by atoms with Crippen LogP contribution in [0.2, 0.25) is 0 Å². The first-order chi connectivity index (χ1) is 8.66. The third kappa shape index (κ3) is 3.40. The van der Waals surface area contributed by atoms with Gasteiger partial charge in [0.1, 0.15) is 0 Å². The summed E-state index contributed by atoms with van der Waals surface area (Å²) in [6, 6.07) is 5.74. The lowest BCUT2D eigenvalue weighted by Crippen LogP contribution is -2.29. The molecular formula is C13H15BrN2O2. The van der Waals surface area contributed by atoms with Gasteiger partial charge in [-0.15, -0.1) is 0 Å². The third-order valence-corrected chi connectivity index (χ3v) is 3.74. The monoisotopic (exact) mass is 310 g/mol. The van der Waals surface area contributed by atoms with E-state index in [-0.39, 0.29) is 10.6 Å². The maximum atomic E-state index is 10.8. The fourth-order valence-electron chi connectivity index (χ4n) is 2.05. The summed E-state index contributed by atoms with van der Waals surface area (Å²) >= 11 is 3.19. The van der Waals surface area contributed by atoms with Crippen molar-refractivity contribution in [3.63, 3.8) is 0 Å². The molecule has 1 aromatic rings. The van der Waals surface area contributed by atoms with Gasteiger partial charge < -0.3 is 5.32 Å². The molecule has 0 aromatic heterocycles. The van der Waals surface area contributed by atoms with E-state index in [0.29, 0.717) is 17.1 Å². The van der Waals surface area contributed by atoms with E-state index in [9.17, 15) is 10.1 Å². The second-order valence-electron chi connectivity index (χ2n) is 4.41. The van der Waals surface area contributed by atoms with Crippen molar-refractivity contribution in [3.05, 3.63) is 50.5 Å². The highest BCUT2D eigenvalue weighted by molar-refractivity contribution is 9.10. The Balaban J connectivity index is 1.99. The van der Waals surface area contributed by atoms with Crippen LogP contribution in [0.4, 0.5) is 5.69 Å². The van der Waals surface area contributed by atoms with Gasteiger partial charge in [0.25, 0.3) is 5.69 Å². The predicted octanol–water partition coefficient (Wildman–Crippen LogP) is 3.56. The molecule has 1 aliphatic carbocycles. The first-order valence-corrected chi connectivity index (χ1v) is 6.77. The number of benzene rings is 1.